The Morgan fingerprint density at radius 2 is 2.00 bits per heavy atom. The predicted octanol–water partition coefficient (Wildman–Crippen LogP) is 5.97. The first-order chi connectivity index (χ1) is 16.6. The van der Waals surface area contributed by atoms with Gasteiger partial charge in [0.25, 0.3) is 6.01 Å². The maximum Gasteiger partial charge on any atom is 0.298 e. The van der Waals surface area contributed by atoms with Crippen LogP contribution in [-0.2, 0) is 5.41 Å². The van der Waals surface area contributed by atoms with Crippen molar-refractivity contribution in [2.45, 2.75) is 57.4 Å². The summed E-state index contributed by atoms with van der Waals surface area (Å²) in [6.07, 6.45) is 4.38. The highest BCUT2D eigenvalue weighted by Gasteiger charge is 2.37. The molecule has 0 saturated carbocycles. The second-order valence-electron chi connectivity index (χ2n) is 9.46. The number of hydrogen-bond acceptors (Lipinski definition) is 7. The van der Waals surface area contributed by atoms with E-state index in [0.717, 1.165) is 56.4 Å². The highest BCUT2D eigenvalue weighted by molar-refractivity contribution is 7.10. The topological polar surface area (TPSA) is 80.1 Å². The van der Waals surface area contributed by atoms with E-state index >= 15 is 0 Å². The van der Waals surface area contributed by atoms with Gasteiger partial charge < -0.3 is 14.2 Å². The lowest BCUT2D eigenvalue weighted by atomic mass is 9.73. The molecule has 1 fully saturated rings. The van der Waals surface area contributed by atoms with Crippen molar-refractivity contribution in [3.63, 3.8) is 0 Å². The Kier molecular flexibility index (Phi) is 7.88. The van der Waals surface area contributed by atoms with Crippen LogP contribution in [0.3, 0.4) is 0 Å². The van der Waals surface area contributed by atoms with Gasteiger partial charge in [0.1, 0.15) is 5.52 Å². The minimum atomic E-state index is -0.395. The summed E-state index contributed by atoms with van der Waals surface area (Å²) in [5, 5.41) is 21.3. The van der Waals surface area contributed by atoms with E-state index in [-0.39, 0.29) is 5.92 Å². The predicted molar refractivity (Wildman–Crippen MR) is 137 cm³/mol. The minimum absolute atomic E-state index is 0.284. The molecule has 7 heteroatoms. The number of para-hydroxylation sites is 2. The van der Waals surface area contributed by atoms with Gasteiger partial charge in [-0.1, -0.05) is 32.0 Å². The standard InChI is InChI=1S/C27H33N5OS/c1-21(2)27(20-29,25-10-5-19-34-25)13-6-15-31-17-11-22(12-18-31)32(16-7-14-28)26-30-23-8-3-4-9-24(23)33-26/h3-5,8-10,19,21-22H,6-7,11-13,15-18H2,1-2H3. The number of benzene rings is 1. The van der Waals surface area contributed by atoms with Crippen LogP contribution >= 0.6 is 11.3 Å². The molecule has 3 heterocycles. The summed E-state index contributed by atoms with van der Waals surface area (Å²) in [5.41, 5.74) is 1.25. The maximum absolute atomic E-state index is 10.1. The number of oxazole rings is 1. The summed E-state index contributed by atoms with van der Waals surface area (Å²) >= 11 is 1.70. The number of anilines is 1. The number of hydrogen-bond donors (Lipinski definition) is 0. The van der Waals surface area contributed by atoms with Gasteiger partial charge >= 0.3 is 0 Å². The van der Waals surface area contributed by atoms with Gasteiger partial charge in [0, 0.05) is 30.6 Å². The first-order valence-corrected chi connectivity index (χ1v) is 13.1. The molecule has 1 aliphatic heterocycles. The van der Waals surface area contributed by atoms with Gasteiger partial charge in [0.15, 0.2) is 5.58 Å². The van der Waals surface area contributed by atoms with E-state index in [9.17, 15) is 10.5 Å². The van der Waals surface area contributed by atoms with Gasteiger partial charge in [-0.3, -0.25) is 0 Å². The molecule has 0 radical (unpaired) electrons. The van der Waals surface area contributed by atoms with E-state index in [1.807, 2.05) is 30.3 Å². The van der Waals surface area contributed by atoms with E-state index in [1.54, 1.807) is 11.3 Å². The quantitative estimate of drug-likeness (QED) is 0.359. The fraction of sp³-hybridized carbons (Fsp3) is 0.519. The van der Waals surface area contributed by atoms with Crippen LogP contribution in [0.1, 0.15) is 50.8 Å². The number of piperidine rings is 1. The Balaban J connectivity index is 1.35. The normalized spacial score (nSPS) is 16.9. The minimum Gasteiger partial charge on any atom is -0.423 e. The van der Waals surface area contributed by atoms with Crippen LogP contribution in [0.4, 0.5) is 6.01 Å². The Hall–Kier alpha value is -2.87. The Morgan fingerprint density at radius 1 is 1.21 bits per heavy atom. The molecule has 6 nitrogen and oxygen atoms in total. The first kappa shape index (κ1) is 24.3. The van der Waals surface area contributed by atoms with Gasteiger partial charge in [-0.25, -0.2) is 0 Å². The second-order valence-corrected chi connectivity index (χ2v) is 10.4. The third-order valence-corrected chi connectivity index (χ3v) is 8.23. The molecule has 178 valence electrons. The monoisotopic (exact) mass is 475 g/mol. The molecule has 0 spiro atoms. The Labute approximate surface area is 206 Å². The van der Waals surface area contributed by atoms with Crippen LogP contribution < -0.4 is 4.90 Å². The zero-order chi connectivity index (χ0) is 24.0. The lowest BCUT2D eigenvalue weighted by Gasteiger charge is -2.38. The van der Waals surface area contributed by atoms with Crippen LogP contribution in [0.25, 0.3) is 11.1 Å². The van der Waals surface area contributed by atoms with E-state index in [1.165, 1.54) is 4.88 Å². The Bertz CT molecular complexity index is 1100. The highest BCUT2D eigenvalue weighted by Crippen LogP contribution is 2.39. The fourth-order valence-corrected chi connectivity index (χ4v) is 6.15. The molecule has 0 amide bonds. The molecule has 1 aromatic carbocycles. The van der Waals surface area contributed by atoms with Crippen molar-refractivity contribution in [3.05, 3.63) is 46.7 Å². The number of aromatic nitrogens is 1. The lowest BCUT2D eigenvalue weighted by Crippen LogP contribution is -2.46. The number of rotatable bonds is 10. The molecule has 0 bridgehead atoms. The van der Waals surface area contributed by atoms with Crippen molar-refractivity contribution in [1.29, 1.82) is 10.5 Å². The summed E-state index contributed by atoms with van der Waals surface area (Å²) in [6.45, 7) is 7.98. The molecule has 1 saturated heterocycles. The zero-order valence-corrected chi connectivity index (χ0v) is 20.9. The number of likely N-dealkylation sites (tertiary alicyclic amines) is 1. The van der Waals surface area contributed by atoms with Crippen LogP contribution in [0.5, 0.6) is 0 Å². The van der Waals surface area contributed by atoms with E-state index in [2.05, 4.69) is 47.2 Å². The van der Waals surface area contributed by atoms with Crippen molar-refractivity contribution >= 4 is 28.5 Å². The number of thiophene rings is 1. The zero-order valence-electron chi connectivity index (χ0n) is 20.1. The molecule has 34 heavy (non-hydrogen) atoms. The third kappa shape index (κ3) is 5.12. The fourth-order valence-electron chi connectivity index (χ4n) is 5.09. The van der Waals surface area contributed by atoms with E-state index in [4.69, 9.17) is 9.40 Å². The molecular formula is C27H33N5OS. The number of nitriles is 2. The van der Waals surface area contributed by atoms with Gasteiger partial charge in [0.2, 0.25) is 0 Å². The van der Waals surface area contributed by atoms with Crippen molar-refractivity contribution in [2.75, 3.05) is 31.1 Å². The van der Waals surface area contributed by atoms with Crippen LogP contribution in [-0.4, -0.2) is 42.1 Å². The van der Waals surface area contributed by atoms with Gasteiger partial charge in [-0.15, -0.1) is 11.3 Å². The number of fused-ring (bicyclic) bond motifs is 1. The van der Waals surface area contributed by atoms with Crippen LogP contribution in [0, 0.1) is 28.6 Å². The van der Waals surface area contributed by atoms with Gasteiger partial charge in [-0.2, -0.15) is 15.5 Å². The van der Waals surface area contributed by atoms with E-state index < -0.39 is 5.41 Å². The largest absolute Gasteiger partial charge is 0.423 e. The van der Waals surface area contributed by atoms with Crippen molar-refractivity contribution in [3.8, 4) is 12.1 Å². The summed E-state index contributed by atoms with van der Waals surface area (Å²) in [7, 11) is 0. The molecule has 0 aliphatic carbocycles. The van der Waals surface area contributed by atoms with Crippen LogP contribution in [0.2, 0.25) is 0 Å². The van der Waals surface area contributed by atoms with Crippen LogP contribution in [0.15, 0.2) is 46.2 Å². The Morgan fingerprint density at radius 3 is 2.65 bits per heavy atom. The summed E-state index contributed by atoms with van der Waals surface area (Å²) in [4.78, 5) is 10.6. The average molecular weight is 476 g/mol. The average Bonchev–Trinajstić information content (AvgIpc) is 3.53. The smallest absolute Gasteiger partial charge is 0.298 e. The lowest BCUT2D eigenvalue weighted by molar-refractivity contribution is 0.196. The molecular weight excluding hydrogens is 442 g/mol. The highest BCUT2D eigenvalue weighted by atomic mass is 32.1. The molecule has 2 aromatic heterocycles. The van der Waals surface area contributed by atoms with Gasteiger partial charge in [-0.05, 0) is 61.7 Å². The molecule has 1 aliphatic rings. The summed E-state index contributed by atoms with van der Waals surface area (Å²) in [6, 6.07) is 17.9. The van der Waals surface area contributed by atoms with E-state index in [0.29, 0.717) is 25.0 Å². The molecule has 1 atom stereocenters. The molecule has 3 aromatic rings. The van der Waals surface area contributed by atoms with Crippen molar-refractivity contribution < 1.29 is 4.42 Å². The molecule has 1 unspecified atom stereocenters. The van der Waals surface area contributed by atoms with Crippen molar-refractivity contribution in [1.82, 2.24) is 9.88 Å². The van der Waals surface area contributed by atoms with Crippen molar-refractivity contribution in [2.24, 2.45) is 5.92 Å². The molecule has 4 rings (SSSR count). The maximum atomic E-state index is 10.1. The SMILES string of the molecule is CC(C)C(C#N)(CCCN1CCC(N(CCC#N)c2nc3ccccc3o2)CC1)c1cccs1. The summed E-state index contributed by atoms with van der Waals surface area (Å²) < 4.78 is 6.04. The second kappa shape index (κ2) is 11.0. The summed E-state index contributed by atoms with van der Waals surface area (Å²) in [5.74, 6) is 0.284. The van der Waals surface area contributed by atoms with Gasteiger partial charge in [0.05, 0.1) is 24.0 Å². The first-order valence-electron chi connectivity index (χ1n) is 12.2. The third-order valence-electron chi connectivity index (χ3n) is 7.18. The number of nitrogens with zero attached hydrogens (tertiary/aromatic N) is 5. The molecule has 0 N–H and O–H groups in total.